The first-order valence-electron chi connectivity index (χ1n) is 7.65. The summed E-state index contributed by atoms with van der Waals surface area (Å²) in [7, 11) is 1.62. The van der Waals surface area contributed by atoms with Crippen LogP contribution in [0.25, 0.3) is 0 Å². The number of hydrogen-bond acceptors (Lipinski definition) is 6. The number of aromatic amines is 1. The Balaban J connectivity index is 1.80. The highest BCUT2D eigenvalue weighted by atomic mass is 32.1. The number of nitrogens with one attached hydrogen (secondary N) is 1. The van der Waals surface area contributed by atoms with Gasteiger partial charge in [0.25, 0.3) is 5.69 Å². The Morgan fingerprint density at radius 3 is 2.58 bits per heavy atom. The van der Waals surface area contributed by atoms with E-state index in [0.29, 0.717) is 22.6 Å². The molecule has 0 saturated heterocycles. The summed E-state index contributed by atoms with van der Waals surface area (Å²) >= 11 is 5.22. The van der Waals surface area contributed by atoms with E-state index in [0.717, 1.165) is 11.3 Å². The summed E-state index contributed by atoms with van der Waals surface area (Å²) in [6.07, 6.45) is 2.11. The average Bonchev–Trinajstić information content (AvgIpc) is 3.00. The van der Waals surface area contributed by atoms with E-state index in [4.69, 9.17) is 17.0 Å². The maximum Gasteiger partial charge on any atom is 0.269 e. The van der Waals surface area contributed by atoms with Crippen molar-refractivity contribution in [3.05, 3.63) is 80.4 Å². The van der Waals surface area contributed by atoms with Crippen LogP contribution in [-0.4, -0.2) is 33.1 Å². The van der Waals surface area contributed by atoms with Crippen molar-refractivity contribution in [2.45, 2.75) is 6.42 Å². The van der Waals surface area contributed by atoms with E-state index in [-0.39, 0.29) is 5.69 Å². The molecule has 0 fully saturated rings. The molecular weight excluding hydrogens is 354 g/mol. The molecule has 9 heteroatoms. The van der Waals surface area contributed by atoms with Gasteiger partial charge in [0, 0.05) is 18.6 Å². The number of methoxy groups -OCH3 is 1. The zero-order valence-electron chi connectivity index (χ0n) is 13.8. The minimum Gasteiger partial charge on any atom is -0.497 e. The van der Waals surface area contributed by atoms with Crippen molar-refractivity contribution in [3.63, 3.8) is 0 Å². The molecule has 3 rings (SSSR count). The van der Waals surface area contributed by atoms with Gasteiger partial charge in [0.1, 0.15) is 5.75 Å². The first-order valence-corrected chi connectivity index (χ1v) is 8.05. The van der Waals surface area contributed by atoms with Crippen molar-refractivity contribution >= 4 is 24.1 Å². The topological polar surface area (TPSA) is 98.3 Å². The van der Waals surface area contributed by atoms with Gasteiger partial charge >= 0.3 is 0 Å². The Morgan fingerprint density at radius 1 is 1.27 bits per heavy atom. The van der Waals surface area contributed by atoms with E-state index in [2.05, 4.69) is 15.3 Å². The van der Waals surface area contributed by atoms with Gasteiger partial charge in [-0.15, -0.1) is 0 Å². The zero-order valence-corrected chi connectivity index (χ0v) is 14.6. The molecule has 0 spiro atoms. The van der Waals surface area contributed by atoms with Gasteiger partial charge in [0.15, 0.2) is 5.82 Å². The third-order valence-corrected chi connectivity index (χ3v) is 3.93. The summed E-state index contributed by atoms with van der Waals surface area (Å²) in [4.78, 5) is 10.2. The fourth-order valence-corrected chi connectivity index (χ4v) is 2.49. The van der Waals surface area contributed by atoms with Crippen LogP contribution in [0.15, 0.2) is 53.6 Å². The molecule has 0 amide bonds. The molecule has 1 N–H and O–H groups in total. The molecule has 2 aromatic carbocycles. The Hall–Kier alpha value is -3.33. The molecule has 0 unspecified atom stereocenters. The summed E-state index contributed by atoms with van der Waals surface area (Å²) in [5.74, 6) is 1.43. The number of nitro benzene ring substituents is 1. The fraction of sp³-hybridized carbons (Fsp3) is 0.118. The Labute approximate surface area is 153 Å². The summed E-state index contributed by atoms with van der Waals surface area (Å²) in [6, 6.07) is 13.7. The van der Waals surface area contributed by atoms with Gasteiger partial charge in [-0.1, -0.05) is 12.1 Å². The van der Waals surface area contributed by atoms with Crippen LogP contribution in [0.5, 0.6) is 5.75 Å². The molecule has 3 aromatic rings. The van der Waals surface area contributed by atoms with Crippen LogP contribution in [0.1, 0.15) is 17.0 Å². The number of rotatable bonds is 6. The van der Waals surface area contributed by atoms with Crippen molar-refractivity contribution in [2.24, 2.45) is 5.10 Å². The second-order valence-corrected chi connectivity index (χ2v) is 5.76. The minimum atomic E-state index is -0.444. The molecule has 0 radical (unpaired) electrons. The molecule has 0 saturated carbocycles. The van der Waals surface area contributed by atoms with E-state index in [1.54, 1.807) is 25.5 Å². The SMILES string of the molecule is COc1ccc(Cc2n[nH]c(=S)n2/N=C\c2ccc([N+](=O)[O-])cc2)cc1. The van der Waals surface area contributed by atoms with Crippen LogP contribution in [0.2, 0.25) is 0 Å². The van der Waals surface area contributed by atoms with E-state index in [1.807, 2.05) is 24.3 Å². The lowest BCUT2D eigenvalue weighted by molar-refractivity contribution is -0.384. The van der Waals surface area contributed by atoms with Crippen molar-refractivity contribution < 1.29 is 9.66 Å². The molecule has 0 bridgehead atoms. The number of ether oxygens (including phenoxy) is 1. The highest BCUT2D eigenvalue weighted by molar-refractivity contribution is 7.71. The van der Waals surface area contributed by atoms with Crippen LogP contribution in [0, 0.1) is 14.9 Å². The number of non-ortho nitro benzene ring substituents is 1. The van der Waals surface area contributed by atoms with Gasteiger partial charge in [-0.3, -0.25) is 15.2 Å². The lowest BCUT2D eigenvalue weighted by Gasteiger charge is -2.03. The Kier molecular flexibility index (Phi) is 5.18. The van der Waals surface area contributed by atoms with Gasteiger partial charge < -0.3 is 4.74 Å². The van der Waals surface area contributed by atoms with Crippen molar-refractivity contribution in [2.75, 3.05) is 7.11 Å². The monoisotopic (exact) mass is 369 g/mol. The molecular formula is C17H15N5O3S. The summed E-state index contributed by atoms with van der Waals surface area (Å²) in [5, 5.41) is 22.0. The van der Waals surface area contributed by atoms with Gasteiger partial charge in [0.2, 0.25) is 4.77 Å². The lowest BCUT2D eigenvalue weighted by atomic mass is 10.1. The van der Waals surface area contributed by atoms with Crippen LogP contribution < -0.4 is 4.74 Å². The highest BCUT2D eigenvalue weighted by Crippen LogP contribution is 2.14. The smallest absolute Gasteiger partial charge is 0.269 e. The number of H-pyrrole nitrogens is 1. The second-order valence-electron chi connectivity index (χ2n) is 5.37. The van der Waals surface area contributed by atoms with Crippen molar-refractivity contribution in [1.82, 2.24) is 14.9 Å². The molecule has 8 nitrogen and oxygen atoms in total. The standard InChI is InChI=1S/C17H15N5O3S/c1-25-15-8-4-12(5-9-15)10-16-19-20-17(26)21(16)18-11-13-2-6-14(7-3-13)22(23)24/h2-9,11H,10H2,1H3,(H,20,26)/b18-11-. The van der Waals surface area contributed by atoms with Crippen molar-refractivity contribution in [3.8, 4) is 5.75 Å². The molecule has 0 aliphatic heterocycles. The normalized spacial score (nSPS) is 11.0. The third kappa shape index (κ3) is 4.01. The number of aromatic nitrogens is 3. The lowest BCUT2D eigenvalue weighted by Crippen LogP contribution is -2.00. The third-order valence-electron chi connectivity index (χ3n) is 3.66. The van der Waals surface area contributed by atoms with Crippen LogP contribution in [-0.2, 0) is 6.42 Å². The zero-order chi connectivity index (χ0) is 18.5. The Morgan fingerprint density at radius 2 is 1.96 bits per heavy atom. The number of hydrogen-bond donors (Lipinski definition) is 1. The van der Waals surface area contributed by atoms with Crippen LogP contribution >= 0.6 is 12.2 Å². The summed E-state index contributed by atoms with van der Waals surface area (Å²) in [6.45, 7) is 0. The van der Waals surface area contributed by atoms with E-state index < -0.39 is 4.92 Å². The fourth-order valence-electron chi connectivity index (χ4n) is 2.29. The maximum atomic E-state index is 10.7. The second kappa shape index (κ2) is 7.70. The maximum absolute atomic E-state index is 10.7. The van der Waals surface area contributed by atoms with E-state index >= 15 is 0 Å². The van der Waals surface area contributed by atoms with Crippen molar-refractivity contribution in [1.29, 1.82) is 0 Å². The number of nitro groups is 1. The summed E-state index contributed by atoms with van der Waals surface area (Å²) in [5.41, 5.74) is 1.78. The Bertz CT molecular complexity index is 990. The molecule has 0 aliphatic carbocycles. The van der Waals surface area contributed by atoms with Crippen LogP contribution in [0.4, 0.5) is 5.69 Å². The quantitative estimate of drug-likeness (QED) is 0.311. The summed E-state index contributed by atoms with van der Waals surface area (Å²) < 4.78 is 7.04. The number of nitrogens with zero attached hydrogens (tertiary/aromatic N) is 4. The molecule has 0 atom stereocenters. The largest absolute Gasteiger partial charge is 0.497 e. The van der Waals surface area contributed by atoms with Gasteiger partial charge in [-0.2, -0.15) is 14.9 Å². The van der Waals surface area contributed by atoms with Gasteiger partial charge in [-0.25, -0.2) is 0 Å². The van der Waals surface area contributed by atoms with Gasteiger partial charge in [0.05, 0.1) is 18.2 Å². The predicted molar refractivity (Wildman–Crippen MR) is 99.3 cm³/mol. The first kappa shape index (κ1) is 17.5. The van der Waals surface area contributed by atoms with Gasteiger partial charge in [-0.05, 0) is 47.6 Å². The molecule has 1 aromatic heterocycles. The predicted octanol–water partition coefficient (Wildman–Crippen LogP) is 3.33. The molecule has 132 valence electrons. The minimum absolute atomic E-state index is 0.0299. The van der Waals surface area contributed by atoms with E-state index in [1.165, 1.54) is 16.8 Å². The molecule has 1 heterocycles. The molecule has 26 heavy (non-hydrogen) atoms. The number of benzene rings is 2. The van der Waals surface area contributed by atoms with Crippen LogP contribution in [0.3, 0.4) is 0 Å². The first-order chi connectivity index (χ1) is 12.6. The molecule has 0 aliphatic rings. The highest BCUT2D eigenvalue weighted by Gasteiger charge is 2.07. The average molecular weight is 369 g/mol. The van der Waals surface area contributed by atoms with E-state index in [9.17, 15) is 10.1 Å².